The summed E-state index contributed by atoms with van der Waals surface area (Å²) in [6.07, 6.45) is 11.7. The maximum absolute atomic E-state index is 9.38. The quantitative estimate of drug-likeness (QED) is 0.230. The van der Waals surface area contributed by atoms with E-state index in [1.54, 1.807) is 0 Å². The first-order valence-corrected chi connectivity index (χ1v) is 13.3. The van der Waals surface area contributed by atoms with Crippen LogP contribution in [0.15, 0.2) is 72.8 Å². The van der Waals surface area contributed by atoms with E-state index in [4.69, 9.17) is 4.74 Å². The van der Waals surface area contributed by atoms with E-state index in [0.29, 0.717) is 0 Å². The molecule has 0 spiro atoms. The molecular formula is C32H42O2. The van der Waals surface area contributed by atoms with Gasteiger partial charge in [0, 0.05) is 0 Å². The highest BCUT2D eigenvalue weighted by Gasteiger charge is 2.03. The van der Waals surface area contributed by atoms with Gasteiger partial charge in [0.05, 0.1) is 12.7 Å². The first-order chi connectivity index (χ1) is 16.7. The molecule has 0 aliphatic carbocycles. The zero-order chi connectivity index (χ0) is 24.0. The van der Waals surface area contributed by atoms with E-state index in [1.807, 2.05) is 6.92 Å². The van der Waals surface area contributed by atoms with Gasteiger partial charge in [-0.25, -0.2) is 0 Å². The Kier molecular flexibility index (Phi) is 11.2. The summed E-state index contributed by atoms with van der Waals surface area (Å²) in [5.74, 6) is 0.958. The molecule has 1 atom stereocenters. The summed E-state index contributed by atoms with van der Waals surface area (Å²) in [7, 11) is 0. The van der Waals surface area contributed by atoms with Crippen LogP contribution in [-0.4, -0.2) is 17.8 Å². The van der Waals surface area contributed by atoms with Crippen LogP contribution in [0.2, 0.25) is 0 Å². The van der Waals surface area contributed by atoms with Gasteiger partial charge < -0.3 is 9.84 Å². The molecule has 3 aromatic rings. The highest BCUT2D eigenvalue weighted by molar-refractivity contribution is 5.70. The molecule has 0 aliphatic heterocycles. The van der Waals surface area contributed by atoms with Gasteiger partial charge >= 0.3 is 0 Å². The number of aliphatic hydroxyl groups excluding tert-OH is 1. The normalized spacial score (nSPS) is 12.0. The SMILES string of the molecule is CCCCCCCCOc1ccc(-c2ccc(-c3ccc(CCCCC(C)O)cc3)cc2)cc1. The molecule has 0 saturated carbocycles. The largest absolute Gasteiger partial charge is 0.494 e. The van der Waals surface area contributed by atoms with Crippen LogP contribution in [0.25, 0.3) is 22.3 Å². The lowest BCUT2D eigenvalue weighted by atomic mass is 9.98. The molecule has 0 aromatic heterocycles. The predicted octanol–water partition coefficient (Wildman–Crippen LogP) is 8.85. The molecule has 0 fully saturated rings. The first kappa shape index (κ1) is 26.0. The van der Waals surface area contributed by atoms with Crippen molar-refractivity contribution in [1.82, 2.24) is 0 Å². The number of aryl methyl sites for hydroxylation is 1. The topological polar surface area (TPSA) is 29.5 Å². The van der Waals surface area contributed by atoms with Gasteiger partial charge in [0.25, 0.3) is 0 Å². The van der Waals surface area contributed by atoms with Crippen molar-refractivity contribution in [1.29, 1.82) is 0 Å². The Labute approximate surface area is 207 Å². The fourth-order valence-electron chi connectivity index (χ4n) is 4.30. The monoisotopic (exact) mass is 458 g/mol. The Bertz CT molecular complexity index is 924. The average Bonchev–Trinajstić information content (AvgIpc) is 2.87. The molecule has 0 saturated heterocycles. The van der Waals surface area contributed by atoms with Gasteiger partial charge in [-0.05, 0) is 72.6 Å². The van der Waals surface area contributed by atoms with Crippen molar-refractivity contribution in [2.45, 2.75) is 84.2 Å². The van der Waals surface area contributed by atoms with E-state index in [9.17, 15) is 5.11 Å². The average molecular weight is 459 g/mol. The van der Waals surface area contributed by atoms with Crippen LogP contribution in [-0.2, 0) is 6.42 Å². The number of hydrogen-bond acceptors (Lipinski definition) is 2. The molecule has 0 heterocycles. The smallest absolute Gasteiger partial charge is 0.119 e. The zero-order valence-corrected chi connectivity index (χ0v) is 21.1. The van der Waals surface area contributed by atoms with E-state index < -0.39 is 0 Å². The predicted molar refractivity (Wildman–Crippen MR) is 145 cm³/mol. The molecule has 0 bridgehead atoms. The fourth-order valence-corrected chi connectivity index (χ4v) is 4.30. The molecule has 0 amide bonds. The van der Waals surface area contributed by atoms with Crippen LogP contribution in [0.5, 0.6) is 5.75 Å². The van der Waals surface area contributed by atoms with Crippen LogP contribution < -0.4 is 4.74 Å². The maximum atomic E-state index is 9.38. The van der Waals surface area contributed by atoms with Crippen LogP contribution in [0, 0.1) is 0 Å². The Balaban J connectivity index is 1.46. The van der Waals surface area contributed by atoms with E-state index in [1.165, 1.54) is 59.9 Å². The third-order valence-corrected chi connectivity index (χ3v) is 6.46. The molecule has 1 N–H and O–H groups in total. The molecule has 34 heavy (non-hydrogen) atoms. The first-order valence-electron chi connectivity index (χ1n) is 13.3. The molecular weight excluding hydrogens is 416 g/mol. The van der Waals surface area contributed by atoms with E-state index in [2.05, 4.69) is 79.7 Å². The number of rotatable bonds is 15. The van der Waals surface area contributed by atoms with Crippen molar-refractivity contribution in [3.8, 4) is 28.0 Å². The van der Waals surface area contributed by atoms with Gasteiger partial charge in [-0.3, -0.25) is 0 Å². The third-order valence-electron chi connectivity index (χ3n) is 6.46. The van der Waals surface area contributed by atoms with Crippen molar-refractivity contribution in [2.75, 3.05) is 6.61 Å². The van der Waals surface area contributed by atoms with E-state index in [-0.39, 0.29) is 6.10 Å². The second-order valence-electron chi connectivity index (χ2n) is 9.51. The molecule has 2 nitrogen and oxygen atoms in total. The zero-order valence-electron chi connectivity index (χ0n) is 21.1. The Hall–Kier alpha value is -2.58. The van der Waals surface area contributed by atoms with Gasteiger partial charge in [-0.15, -0.1) is 0 Å². The Morgan fingerprint density at radius 1 is 0.618 bits per heavy atom. The molecule has 182 valence electrons. The van der Waals surface area contributed by atoms with Crippen molar-refractivity contribution >= 4 is 0 Å². The number of benzene rings is 3. The molecule has 2 heteroatoms. The lowest BCUT2D eigenvalue weighted by Crippen LogP contribution is -1.98. The molecule has 3 rings (SSSR count). The van der Waals surface area contributed by atoms with Gasteiger partial charge in [0.1, 0.15) is 5.75 Å². The highest BCUT2D eigenvalue weighted by Crippen LogP contribution is 2.27. The van der Waals surface area contributed by atoms with Crippen molar-refractivity contribution in [2.24, 2.45) is 0 Å². The van der Waals surface area contributed by atoms with Crippen molar-refractivity contribution in [3.05, 3.63) is 78.4 Å². The highest BCUT2D eigenvalue weighted by atomic mass is 16.5. The molecule has 0 aliphatic rings. The summed E-state index contributed by atoms with van der Waals surface area (Å²) in [6.45, 7) is 4.92. The van der Waals surface area contributed by atoms with Crippen molar-refractivity contribution < 1.29 is 9.84 Å². The number of ether oxygens (including phenoxy) is 1. The maximum Gasteiger partial charge on any atom is 0.119 e. The van der Waals surface area contributed by atoms with Crippen molar-refractivity contribution in [3.63, 3.8) is 0 Å². The number of hydrogen-bond donors (Lipinski definition) is 1. The summed E-state index contributed by atoms with van der Waals surface area (Å²) in [6, 6.07) is 26.2. The number of unbranched alkanes of at least 4 members (excludes halogenated alkanes) is 6. The van der Waals surface area contributed by atoms with Gasteiger partial charge in [0.2, 0.25) is 0 Å². The summed E-state index contributed by atoms with van der Waals surface area (Å²) in [5.41, 5.74) is 6.29. The van der Waals surface area contributed by atoms with Crippen LogP contribution in [0.3, 0.4) is 0 Å². The van der Waals surface area contributed by atoms with Gasteiger partial charge in [-0.2, -0.15) is 0 Å². The minimum atomic E-state index is -0.188. The second-order valence-corrected chi connectivity index (χ2v) is 9.51. The number of aliphatic hydroxyl groups is 1. The summed E-state index contributed by atoms with van der Waals surface area (Å²) < 4.78 is 5.92. The second kappa shape index (κ2) is 14.6. The van der Waals surface area contributed by atoms with Gasteiger partial charge in [-0.1, -0.05) is 106 Å². The summed E-state index contributed by atoms with van der Waals surface area (Å²) in [5, 5.41) is 9.38. The lowest BCUT2D eigenvalue weighted by molar-refractivity contribution is 0.180. The Morgan fingerprint density at radius 2 is 1.12 bits per heavy atom. The fraction of sp³-hybridized carbons (Fsp3) is 0.438. The standard InChI is InChI=1S/C32H42O2/c1-3-4-5-6-7-10-25-34-32-23-21-31(22-24-32)30-19-17-29(18-20-30)28-15-13-27(14-16-28)12-9-8-11-26(2)33/h13-24,26,33H,3-12,25H2,1-2H3. The Morgan fingerprint density at radius 3 is 1.68 bits per heavy atom. The molecule has 1 unspecified atom stereocenters. The summed E-state index contributed by atoms with van der Waals surface area (Å²) in [4.78, 5) is 0. The third kappa shape index (κ3) is 8.99. The summed E-state index contributed by atoms with van der Waals surface area (Å²) >= 11 is 0. The van der Waals surface area contributed by atoms with Crippen LogP contribution in [0.1, 0.15) is 77.2 Å². The van der Waals surface area contributed by atoms with Gasteiger partial charge in [0.15, 0.2) is 0 Å². The lowest BCUT2D eigenvalue weighted by Gasteiger charge is -2.09. The minimum Gasteiger partial charge on any atom is -0.494 e. The molecule has 0 radical (unpaired) electrons. The van der Waals surface area contributed by atoms with Crippen LogP contribution in [0.4, 0.5) is 0 Å². The van der Waals surface area contributed by atoms with E-state index >= 15 is 0 Å². The molecule has 3 aromatic carbocycles. The minimum absolute atomic E-state index is 0.188. The van der Waals surface area contributed by atoms with E-state index in [0.717, 1.165) is 44.5 Å². The van der Waals surface area contributed by atoms with Crippen LogP contribution >= 0.6 is 0 Å².